The van der Waals surface area contributed by atoms with Gasteiger partial charge in [0.15, 0.2) is 0 Å². The van der Waals surface area contributed by atoms with Crippen LogP contribution < -0.4 is 9.46 Å². The molecule has 0 saturated carbocycles. The van der Waals surface area contributed by atoms with Crippen LogP contribution in [0.15, 0.2) is 77.7 Å². The second kappa shape index (κ2) is 10.4. The number of ether oxygens (including phenoxy) is 2. The number of hydrogen-bond acceptors (Lipinski definition) is 5. The summed E-state index contributed by atoms with van der Waals surface area (Å²) in [5, 5.41) is 0. The highest BCUT2D eigenvalue weighted by Crippen LogP contribution is 2.29. The molecule has 3 aromatic carbocycles. The van der Waals surface area contributed by atoms with E-state index in [1.54, 1.807) is 4.90 Å². The molecule has 1 fully saturated rings. The minimum Gasteiger partial charge on any atom is -0.496 e. The maximum Gasteiger partial charge on any atom is 0.257 e. The van der Waals surface area contributed by atoms with Gasteiger partial charge in [-0.05, 0) is 41.8 Å². The van der Waals surface area contributed by atoms with Gasteiger partial charge in [-0.2, -0.15) is 4.72 Å². The number of nitrogens with zero attached hydrogens (tertiary/aromatic N) is 1. The van der Waals surface area contributed by atoms with Gasteiger partial charge in [-0.25, -0.2) is 8.42 Å². The van der Waals surface area contributed by atoms with E-state index in [4.69, 9.17) is 9.47 Å². The van der Waals surface area contributed by atoms with Crippen molar-refractivity contribution < 1.29 is 22.7 Å². The molecule has 1 saturated heterocycles. The number of aryl methyl sites for hydroxylation is 1. The lowest BCUT2D eigenvalue weighted by molar-refractivity contribution is 0.0300. The summed E-state index contributed by atoms with van der Waals surface area (Å²) in [5.74, 6) is 0.0460. The van der Waals surface area contributed by atoms with Crippen molar-refractivity contribution in [3.63, 3.8) is 0 Å². The number of hydrogen-bond donors (Lipinski definition) is 1. The fraction of sp³-hybridized carbons (Fsp3) is 0.269. The molecule has 4 rings (SSSR count). The number of nitrogens with one attached hydrogen (secondary N) is 1. The summed E-state index contributed by atoms with van der Waals surface area (Å²) in [6, 6.07) is 20.9. The van der Waals surface area contributed by atoms with Gasteiger partial charge >= 0.3 is 0 Å². The molecule has 8 heteroatoms. The molecule has 34 heavy (non-hydrogen) atoms. The molecule has 0 radical (unpaired) electrons. The third-order valence-corrected chi connectivity index (χ3v) is 7.34. The van der Waals surface area contributed by atoms with E-state index >= 15 is 0 Å². The molecule has 1 heterocycles. The number of benzene rings is 3. The van der Waals surface area contributed by atoms with Crippen molar-refractivity contribution in [2.24, 2.45) is 0 Å². The standard InChI is InChI=1S/C26H28N2O5S/c1-19-8-6-7-11-22(19)25(20-9-4-3-5-10-20)27-34(30,31)21-12-13-24(32-2)23(18-21)26(29)28-14-16-33-17-15-28/h3-13,18,25,27H,14-17H2,1-2H3/t25-/m0/s1. The van der Waals surface area contributed by atoms with Crippen LogP contribution in [0.1, 0.15) is 33.1 Å². The lowest BCUT2D eigenvalue weighted by Crippen LogP contribution is -2.41. The van der Waals surface area contributed by atoms with Gasteiger partial charge in [-0.3, -0.25) is 4.79 Å². The van der Waals surface area contributed by atoms with E-state index in [0.717, 1.165) is 16.7 Å². The Labute approximate surface area is 200 Å². The van der Waals surface area contributed by atoms with Crippen LogP contribution in [-0.2, 0) is 14.8 Å². The minimum absolute atomic E-state index is 0.000533. The lowest BCUT2D eigenvalue weighted by Gasteiger charge is -2.27. The molecule has 1 aliphatic heterocycles. The highest BCUT2D eigenvalue weighted by atomic mass is 32.2. The Morgan fingerprint density at radius 2 is 1.68 bits per heavy atom. The second-order valence-corrected chi connectivity index (χ2v) is 9.80. The van der Waals surface area contributed by atoms with E-state index in [0.29, 0.717) is 32.1 Å². The first-order valence-corrected chi connectivity index (χ1v) is 12.6. The molecular formula is C26H28N2O5S. The predicted octanol–water partition coefficient (Wildman–Crippen LogP) is 3.54. The number of carbonyl (C=O) groups excluding carboxylic acids is 1. The second-order valence-electron chi connectivity index (χ2n) is 8.09. The molecular weight excluding hydrogens is 452 g/mol. The van der Waals surface area contributed by atoms with Gasteiger partial charge < -0.3 is 14.4 Å². The third-order valence-electron chi connectivity index (χ3n) is 5.92. The molecule has 1 N–H and O–H groups in total. The summed E-state index contributed by atoms with van der Waals surface area (Å²) >= 11 is 0. The zero-order valence-corrected chi connectivity index (χ0v) is 20.0. The SMILES string of the molecule is COc1ccc(S(=O)(=O)N[C@@H](c2ccccc2)c2ccccc2C)cc1C(=O)N1CCOCC1. The van der Waals surface area contributed by atoms with E-state index in [1.165, 1.54) is 25.3 Å². The summed E-state index contributed by atoms with van der Waals surface area (Å²) < 4.78 is 40.7. The van der Waals surface area contributed by atoms with Crippen molar-refractivity contribution >= 4 is 15.9 Å². The quantitative estimate of drug-likeness (QED) is 0.559. The van der Waals surface area contributed by atoms with Crippen LogP contribution >= 0.6 is 0 Å². The average Bonchev–Trinajstić information content (AvgIpc) is 2.88. The van der Waals surface area contributed by atoms with Gasteiger partial charge in [0.2, 0.25) is 10.0 Å². The van der Waals surface area contributed by atoms with E-state index in [9.17, 15) is 13.2 Å². The highest BCUT2D eigenvalue weighted by molar-refractivity contribution is 7.89. The van der Waals surface area contributed by atoms with Crippen molar-refractivity contribution in [3.05, 3.63) is 95.1 Å². The molecule has 1 amide bonds. The summed E-state index contributed by atoms with van der Waals surface area (Å²) in [4.78, 5) is 14.8. The summed E-state index contributed by atoms with van der Waals surface area (Å²) in [7, 11) is -2.53. The number of sulfonamides is 1. The minimum atomic E-state index is -3.99. The number of rotatable bonds is 7. The van der Waals surface area contributed by atoms with Crippen molar-refractivity contribution in [2.45, 2.75) is 17.9 Å². The Balaban J connectivity index is 1.71. The number of carbonyl (C=O) groups is 1. The maximum absolute atomic E-state index is 13.6. The van der Waals surface area contributed by atoms with Crippen LogP contribution in [0.2, 0.25) is 0 Å². The van der Waals surface area contributed by atoms with Gasteiger partial charge in [-0.1, -0.05) is 54.6 Å². The first kappa shape index (κ1) is 23.9. The van der Waals surface area contributed by atoms with Gasteiger partial charge in [0, 0.05) is 13.1 Å². The van der Waals surface area contributed by atoms with E-state index in [-0.39, 0.29) is 16.4 Å². The Bertz CT molecular complexity index is 1260. The van der Waals surface area contributed by atoms with Crippen molar-refractivity contribution in [2.75, 3.05) is 33.4 Å². The molecule has 0 bridgehead atoms. The van der Waals surface area contributed by atoms with Crippen LogP contribution in [0.4, 0.5) is 0 Å². The Hall–Kier alpha value is -3.20. The molecule has 1 aliphatic rings. The van der Waals surface area contributed by atoms with Crippen molar-refractivity contribution in [3.8, 4) is 5.75 Å². The largest absolute Gasteiger partial charge is 0.496 e. The van der Waals surface area contributed by atoms with Crippen LogP contribution in [0.25, 0.3) is 0 Å². The molecule has 178 valence electrons. The monoisotopic (exact) mass is 480 g/mol. The molecule has 0 aromatic heterocycles. The van der Waals surface area contributed by atoms with Gasteiger partial charge in [0.25, 0.3) is 5.91 Å². The fourth-order valence-corrected chi connectivity index (χ4v) is 5.28. The van der Waals surface area contributed by atoms with Crippen LogP contribution in [0.5, 0.6) is 5.75 Å². The smallest absolute Gasteiger partial charge is 0.257 e. The summed E-state index contributed by atoms with van der Waals surface area (Å²) in [5.41, 5.74) is 2.85. The van der Waals surface area contributed by atoms with Crippen LogP contribution in [0, 0.1) is 6.92 Å². The fourth-order valence-electron chi connectivity index (χ4n) is 4.05. The normalized spacial score (nSPS) is 15.1. The van der Waals surface area contributed by atoms with E-state index in [1.807, 2.05) is 61.5 Å². The highest BCUT2D eigenvalue weighted by Gasteiger charge is 2.27. The zero-order valence-electron chi connectivity index (χ0n) is 19.2. The first-order chi connectivity index (χ1) is 16.4. The molecule has 7 nitrogen and oxygen atoms in total. The molecule has 3 aromatic rings. The first-order valence-electron chi connectivity index (χ1n) is 11.1. The zero-order chi connectivity index (χ0) is 24.1. The van der Waals surface area contributed by atoms with Crippen molar-refractivity contribution in [1.29, 1.82) is 0 Å². The lowest BCUT2D eigenvalue weighted by atomic mass is 9.96. The topological polar surface area (TPSA) is 84.9 Å². The van der Waals surface area contributed by atoms with Crippen LogP contribution in [-0.4, -0.2) is 52.6 Å². The Morgan fingerprint density at radius 3 is 2.35 bits per heavy atom. The van der Waals surface area contributed by atoms with Gasteiger partial charge in [0.05, 0.1) is 36.8 Å². The Morgan fingerprint density at radius 1 is 1.00 bits per heavy atom. The average molecular weight is 481 g/mol. The number of methoxy groups -OCH3 is 1. The molecule has 1 atom stereocenters. The van der Waals surface area contributed by atoms with Crippen molar-refractivity contribution in [1.82, 2.24) is 9.62 Å². The van der Waals surface area contributed by atoms with Gasteiger partial charge in [-0.15, -0.1) is 0 Å². The van der Waals surface area contributed by atoms with E-state index in [2.05, 4.69) is 4.72 Å². The molecule has 0 aliphatic carbocycles. The molecule has 0 spiro atoms. The summed E-state index contributed by atoms with van der Waals surface area (Å²) in [6.45, 7) is 3.73. The number of morpholine rings is 1. The molecule has 0 unspecified atom stereocenters. The van der Waals surface area contributed by atoms with Crippen LogP contribution in [0.3, 0.4) is 0 Å². The third kappa shape index (κ3) is 5.14. The Kier molecular flexibility index (Phi) is 7.31. The van der Waals surface area contributed by atoms with Gasteiger partial charge in [0.1, 0.15) is 5.75 Å². The number of amides is 1. The summed E-state index contributed by atoms with van der Waals surface area (Å²) in [6.07, 6.45) is 0. The predicted molar refractivity (Wildman–Crippen MR) is 130 cm³/mol. The maximum atomic E-state index is 13.6. The van der Waals surface area contributed by atoms with E-state index < -0.39 is 16.1 Å².